The number of nitrogens with two attached hydrogens (primary N) is 1. The van der Waals surface area contributed by atoms with Crippen LogP contribution in [0.1, 0.15) is 0 Å². The van der Waals surface area contributed by atoms with Crippen LogP contribution in [0.3, 0.4) is 0 Å². The molecule has 0 fully saturated rings. The molecule has 96 valence electrons. The molecule has 0 aromatic heterocycles. The lowest BCUT2D eigenvalue weighted by Gasteiger charge is -2.19. The van der Waals surface area contributed by atoms with Crippen molar-refractivity contribution in [2.45, 2.75) is 6.10 Å². The lowest BCUT2D eigenvalue weighted by Crippen LogP contribution is -2.34. The first-order chi connectivity index (χ1) is 8.11. The fourth-order valence-electron chi connectivity index (χ4n) is 1.43. The fourth-order valence-corrected chi connectivity index (χ4v) is 1.43. The van der Waals surface area contributed by atoms with E-state index in [2.05, 4.69) is 0 Å². The van der Waals surface area contributed by atoms with Gasteiger partial charge in [0, 0.05) is 18.8 Å². The number of hydrogen-bond acceptors (Lipinski definition) is 5. The van der Waals surface area contributed by atoms with Crippen molar-refractivity contribution in [2.24, 2.45) is 0 Å². The highest BCUT2D eigenvalue weighted by Crippen LogP contribution is 2.13. The summed E-state index contributed by atoms with van der Waals surface area (Å²) in [5.74, 6) is 0.683. The van der Waals surface area contributed by atoms with E-state index in [1.54, 1.807) is 24.3 Å². The standard InChI is InChI=1S/C12H20N2O3/c1-14(6-7-15)8-11(16)9-17-12-4-2-10(13)3-5-12/h2-5,11,15-16H,6-9,13H2,1H3. The van der Waals surface area contributed by atoms with Gasteiger partial charge in [0.15, 0.2) is 0 Å². The van der Waals surface area contributed by atoms with E-state index < -0.39 is 6.10 Å². The molecule has 0 spiro atoms. The second kappa shape index (κ2) is 7.11. The first kappa shape index (κ1) is 13.8. The van der Waals surface area contributed by atoms with Gasteiger partial charge >= 0.3 is 0 Å². The second-order valence-corrected chi connectivity index (χ2v) is 4.02. The van der Waals surface area contributed by atoms with Crippen molar-refractivity contribution in [1.29, 1.82) is 0 Å². The van der Waals surface area contributed by atoms with Crippen LogP contribution in [0.4, 0.5) is 5.69 Å². The highest BCUT2D eigenvalue weighted by molar-refractivity contribution is 5.41. The molecule has 0 bridgehead atoms. The van der Waals surface area contributed by atoms with Gasteiger partial charge in [-0.1, -0.05) is 0 Å². The summed E-state index contributed by atoms with van der Waals surface area (Å²) in [6.45, 7) is 1.32. The molecule has 0 saturated heterocycles. The van der Waals surface area contributed by atoms with E-state index in [-0.39, 0.29) is 13.2 Å². The van der Waals surface area contributed by atoms with E-state index in [1.165, 1.54) is 0 Å². The van der Waals surface area contributed by atoms with Crippen LogP contribution in [-0.2, 0) is 0 Å². The van der Waals surface area contributed by atoms with Crippen molar-refractivity contribution >= 4 is 5.69 Å². The quantitative estimate of drug-likeness (QED) is 0.582. The van der Waals surface area contributed by atoms with Gasteiger partial charge in [0.25, 0.3) is 0 Å². The van der Waals surface area contributed by atoms with Crippen molar-refractivity contribution in [3.8, 4) is 5.75 Å². The Kier molecular flexibility index (Phi) is 5.76. The van der Waals surface area contributed by atoms with Crippen LogP contribution in [-0.4, -0.2) is 54.6 Å². The van der Waals surface area contributed by atoms with E-state index in [4.69, 9.17) is 15.6 Å². The van der Waals surface area contributed by atoms with Crippen molar-refractivity contribution in [2.75, 3.05) is 39.1 Å². The lowest BCUT2D eigenvalue weighted by molar-refractivity contribution is 0.0711. The molecule has 0 aliphatic rings. The van der Waals surface area contributed by atoms with Gasteiger partial charge in [0.2, 0.25) is 0 Å². The molecule has 1 rings (SSSR count). The summed E-state index contributed by atoms with van der Waals surface area (Å²) in [6, 6.07) is 7.03. The lowest BCUT2D eigenvalue weighted by atomic mass is 10.3. The number of nitrogens with zero attached hydrogens (tertiary/aromatic N) is 1. The van der Waals surface area contributed by atoms with Gasteiger partial charge in [-0.15, -0.1) is 0 Å². The highest BCUT2D eigenvalue weighted by atomic mass is 16.5. The van der Waals surface area contributed by atoms with Crippen LogP contribution in [0.5, 0.6) is 5.75 Å². The molecular weight excluding hydrogens is 220 g/mol. The molecule has 0 saturated carbocycles. The first-order valence-corrected chi connectivity index (χ1v) is 5.57. The number of hydrogen-bond donors (Lipinski definition) is 3. The van der Waals surface area contributed by atoms with E-state index in [9.17, 15) is 5.11 Å². The Morgan fingerprint density at radius 3 is 2.59 bits per heavy atom. The minimum Gasteiger partial charge on any atom is -0.491 e. The van der Waals surface area contributed by atoms with Gasteiger partial charge in [0.1, 0.15) is 18.5 Å². The summed E-state index contributed by atoms with van der Waals surface area (Å²) in [4.78, 5) is 1.84. The maximum atomic E-state index is 9.69. The Balaban J connectivity index is 2.27. The maximum absolute atomic E-state index is 9.69. The van der Waals surface area contributed by atoms with Gasteiger partial charge in [-0.25, -0.2) is 0 Å². The van der Waals surface area contributed by atoms with Crippen LogP contribution in [0.15, 0.2) is 24.3 Å². The molecule has 1 aromatic rings. The number of anilines is 1. The Morgan fingerprint density at radius 1 is 1.35 bits per heavy atom. The Labute approximate surface area is 101 Å². The molecule has 4 N–H and O–H groups in total. The van der Waals surface area contributed by atoms with Gasteiger partial charge in [-0.05, 0) is 31.3 Å². The monoisotopic (exact) mass is 240 g/mol. The summed E-state index contributed by atoms with van der Waals surface area (Å²) < 4.78 is 5.41. The molecule has 0 aliphatic heterocycles. The molecule has 0 aliphatic carbocycles. The van der Waals surface area contributed by atoms with E-state index in [1.807, 2.05) is 11.9 Å². The van der Waals surface area contributed by atoms with Gasteiger partial charge in [-0.3, -0.25) is 0 Å². The molecule has 17 heavy (non-hydrogen) atoms. The Hall–Kier alpha value is -1.30. The molecular formula is C12H20N2O3. The van der Waals surface area contributed by atoms with Crippen molar-refractivity contribution < 1.29 is 14.9 Å². The Bertz CT molecular complexity index is 316. The zero-order valence-corrected chi connectivity index (χ0v) is 10.0. The smallest absolute Gasteiger partial charge is 0.119 e. The van der Waals surface area contributed by atoms with E-state index in [0.29, 0.717) is 24.5 Å². The van der Waals surface area contributed by atoms with Crippen LogP contribution in [0.2, 0.25) is 0 Å². The molecule has 1 atom stereocenters. The molecule has 0 heterocycles. The molecule has 1 aromatic carbocycles. The topological polar surface area (TPSA) is 79.0 Å². The zero-order valence-electron chi connectivity index (χ0n) is 10.0. The highest BCUT2D eigenvalue weighted by Gasteiger charge is 2.08. The summed E-state index contributed by atoms with van der Waals surface area (Å²) in [5, 5.41) is 18.4. The van der Waals surface area contributed by atoms with Gasteiger partial charge < -0.3 is 25.6 Å². The average Bonchev–Trinajstić information content (AvgIpc) is 2.28. The van der Waals surface area contributed by atoms with Crippen LogP contribution >= 0.6 is 0 Å². The normalized spacial score (nSPS) is 12.7. The molecule has 0 radical (unpaired) electrons. The van der Waals surface area contributed by atoms with Crippen LogP contribution in [0.25, 0.3) is 0 Å². The van der Waals surface area contributed by atoms with E-state index in [0.717, 1.165) is 0 Å². The van der Waals surface area contributed by atoms with Crippen molar-refractivity contribution in [3.05, 3.63) is 24.3 Å². The second-order valence-electron chi connectivity index (χ2n) is 4.02. The van der Waals surface area contributed by atoms with Gasteiger partial charge in [-0.2, -0.15) is 0 Å². The fraction of sp³-hybridized carbons (Fsp3) is 0.500. The van der Waals surface area contributed by atoms with E-state index >= 15 is 0 Å². The predicted octanol–water partition coefficient (Wildman–Crippen LogP) is -0.0674. The summed E-state index contributed by atoms with van der Waals surface area (Å²) in [5.41, 5.74) is 6.23. The minimum atomic E-state index is -0.580. The predicted molar refractivity (Wildman–Crippen MR) is 66.9 cm³/mol. The number of aliphatic hydroxyl groups is 2. The van der Waals surface area contributed by atoms with Gasteiger partial charge in [0.05, 0.1) is 6.61 Å². The summed E-state index contributed by atoms with van der Waals surface area (Å²) >= 11 is 0. The Morgan fingerprint density at radius 2 is 2.00 bits per heavy atom. The molecule has 0 amide bonds. The minimum absolute atomic E-state index is 0.0854. The number of likely N-dealkylation sites (N-methyl/N-ethyl adjacent to an activating group) is 1. The zero-order chi connectivity index (χ0) is 12.7. The van der Waals surface area contributed by atoms with Crippen LogP contribution in [0, 0.1) is 0 Å². The molecule has 1 unspecified atom stereocenters. The number of aliphatic hydroxyl groups excluding tert-OH is 2. The third kappa shape index (κ3) is 5.53. The third-order valence-electron chi connectivity index (χ3n) is 2.33. The average molecular weight is 240 g/mol. The molecule has 5 nitrogen and oxygen atoms in total. The number of rotatable bonds is 7. The number of benzene rings is 1. The first-order valence-electron chi connectivity index (χ1n) is 5.57. The largest absolute Gasteiger partial charge is 0.491 e. The SMILES string of the molecule is CN(CCO)CC(O)COc1ccc(N)cc1. The number of nitrogen functional groups attached to an aromatic ring is 1. The van der Waals surface area contributed by atoms with Crippen molar-refractivity contribution in [1.82, 2.24) is 4.90 Å². The number of ether oxygens (including phenoxy) is 1. The summed E-state index contributed by atoms with van der Waals surface area (Å²) in [6.07, 6.45) is -0.580. The van der Waals surface area contributed by atoms with Crippen LogP contribution < -0.4 is 10.5 Å². The summed E-state index contributed by atoms with van der Waals surface area (Å²) in [7, 11) is 1.84. The third-order valence-corrected chi connectivity index (χ3v) is 2.33. The maximum Gasteiger partial charge on any atom is 0.119 e. The molecule has 5 heteroatoms. The van der Waals surface area contributed by atoms with Crippen molar-refractivity contribution in [3.63, 3.8) is 0 Å².